The average Bonchev–Trinajstić information content (AvgIpc) is 2.76. The van der Waals surface area contributed by atoms with Gasteiger partial charge in [-0.1, -0.05) is 30.9 Å². The van der Waals surface area contributed by atoms with E-state index in [9.17, 15) is 9.59 Å². The van der Waals surface area contributed by atoms with E-state index in [1.807, 2.05) is 25.1 Å². The van der Waals surface area contributed by atoms with Crippen molar-refractivity contribution in [3.8, 4) is 17.2 Å². The van der Waals surface area contributed by atoms with Crippen LogP contribution < -0.4 is 25.0 Å². The van der Waals surface area contributed by atoms with E-state index in [1.165, 1.54) is 13.3 Å². The number of methoxy groups -OCH3 is 1. The second-order valence-electron chi connectivity index (χ2n) is 6.13. The number of para-hydroxylation sites is 1. The van der Waals surface area contributed by atoms with Gasteiger partial charge < -0.3 is 19.5 Å². The average molecular weight is 411 g/mol. The second-order valence-corrected chi connectivity index (χ2v) is 6.13. The molecule has 0 aliphatic heterocycles. The van der Waals surface area contributed by atoms with Crippen LogP contribution in [-0.2, 0) is 9.59 Å². The van der Waals surface area contributed by atoms with Gasteiger partial charge in [0.1, 0.15) is 12.4 Å². The Kier molecular flexibility index (Phi) is 8.92. The molecule has 8 heteroatoms. The maximum Gasteiger partial charge on any atom is 0.259 e. The molecule has 0 fully saturated rings. The number of carbonyl (C=O) groups excluding carboxylic acids is 2. The Morgan fingerprint density at radius 3 is 2.60 bits per heavy atom. The van der Waals surface area contributed by atoms with Crippen LogP contribution in [0.2, 0.25) is 0 Å². The highest BCUT2D eigenvalue weighted by molar-refractivity contribution is 5.87. The van der Waals surface area contributed by atoms with E-state index in [-0.39, 0.29) is 13.2 Å². The van der Waals surface area contributed by atoms with Crippen molar-refractivity contribution in [2.75, 3.05) is 26.9 Å². The fourth-order valence-electron chi connectivity index (χ4n) is 2.34. The van der Waals surface area contributed by atoms with Crippen LogP contribution in [0.4, 0.5) is 0 Å². The zero-order valence-corrected chi connectivity index (χ0v) is 17.0. The molecular formula is C22H25N3O5. The lowest BCUT2D eigenvalue weighted by Crippen LogP contribution is -2.37. The van der Waals surface area contributed by atoms with Crippen molar-refractivity contribution in [1.82, 2.24) is 10.7 Å². The molecule has 0 saturated carbocycles. The van der Waals surface area contributed by atoms with Gasteiger partial charge in [-0.25, -0.2) is 5.43 Å². The molecule has 0 atom stereocenters. The summed E-state index contributed by atoms with van der Waals surface area (Å²) in [5.41, 5.74) is 3.97. The summed E-state index contributed by atoms with van der Waals surface area (Å²) in [6.45, 7) is 5.45. The SMILES string of the molecule is C=CCOc1ccc(/C=N/NC(=O)CNC(=O)COc2ccccc2C)cc1OC. The highest BCUT2D eigenvalue weighted by Gasteiger charge is 2.07. The number of nitrogens with one attached hydrogen (secondary N) is 2. The van der Waals surface area contributed by atoms with Crippen molar-refractivity contribution < 1.29 is 23.8 Å². The molecule has 30 heavy (non-hydrogen) atoms. The Morgan fingerprint density at radius 2 is 1.87 bits per heavy atom. The highest BCUT2D eigenvalue weighted by Crippen LogP contribution is 2.27. The number of ether oxygens (including phenoxy) is 3. The van der Waals surface area contributed by atoms with Crippen molar-refractivity contribution in [2.45, 2.75) is 6.92 Å². The molecule has 0 aliphatic carbocycles. The topological polar surface area (TPSA) is 98.2 Å². The first-order valence-corrected chi connectivity index (χ1v) is 9.22. The van der Waals surface area contributed by atoms with Crippen molar-refractivity contribution >= 4 is 18.0 Å². The van der Waals surface area contributed by atoms with Gasteiger partial charge in [0.05, 0.1) is 19.9 Å². The molecule has 0 heterocycles. The second kappa shape index (κ2) is 11.9. The number of nitrogens with zero attached hydrogens (tertiary/aromatic N) is 1. The van der Waals surface area contributed by atoms with Crippen molar-refractivity contribution in [2.24, 2.45) is 5.10 Å². The Labute approximate surface area is 175 Å². The number of hydrazone groups is 1. The van der Waals surface area contributed by atoms with E-state index in [0.717, 1.165) is 5.56 Å². The van der Waals surface area contributed by atoms with Crippen LogP contribution >= 0.6 is 0 Å². The molecule has 0 radical (unpaired) electrons. The number of carbonyl (C=O) groups is 2. The summed E-state index contributed by atoms with van der Waals surface area (Å²) in [5.74, 6) is 0.867. The van der Waals surface area contributed by atoms with Crippen LogP contribution in [0.25, 0.3) is 0 Å². The zero-order chi connectivity index (χ0) is 21.8. The molecule has 2 N–H and O–H groups in total. The van der Waals surface area contributed by atoms with E-state index < -0.39 is 11.8 Å². The van der Waals surface area contributed by atoms with Gasteiger partial charge in [0.25, 0.3) is 11.8 Å². The number of aryl methyl sites for hydroxylation is 1. The van der Waals surface area contributed by atoms with Gasteiger partial charge in [-0.15, -0.1) is 0 Å². The lowest BCUT2D eigenvalue weighted by molar-refractivity contribution is -0.127. The Morgan fingerprint density at radius 1 is 1.07 bits per heavy atom. The molecule has 2 amide bonds. The molecule has 0 aromatic heterocycles. The zero-order valence-electron chi connectivity index (χ0n) is 17.0. The summed E-state index contributed by atoms with van der Waals surface area (Å²) in [5, 5.41) is 6.34. The van der Waals surface area contributed by atoms with Crippen molar-refractivity contribution in [3.05, 3.63) is 66.2 Å². The van der Waals surface area contributed by atoms with E-state index >= 15 is 0 Å². The fourth-order valence-corrected chi connectivity index (χ4v) is 2.34. The van der Waals surface area contributed by atoms with Gasteiger partial charge in [0, 0.05) is 0 Å². The standard InChI is InChI=1S/C22H25N3O5/c1-4-11-29-19-10-9-17(12-20(19)28-3)13-24-25-21(26)14-23-22(27)15-30-18-8-6-5-7-16(18)2/h4-10,12-13H,1,11,14-15H2,2-3H3,(H,23,27)(H,25,26)/b24-13+. The Hall–Kier alpha value is -3.81. The van der Waals surface area contributed by atoms with Crippen molar-refractivity contribution in [1.29, 1.82) is 0 Å². The molecule has 8 nitrogen and oxygen atoms in total. The molecule has 2 rings (SSSR count). The largest absolute Gasteiger partial charge is 0.493 e. The normalized spacial score (nSPS) is 10.3. The van der Waals surface area contributed by atoms with E-state index in [2.05, 4.69) is 22.4 Å². The summed E-state index contributed by atoms with van der Waals surface area (Å²) < 4.78 is 16.2. The van der Waals surface area contributed by atoms with Gasteiger partial charge in [0.2, 0.25) is 0 Å². The summed E-state index contributed by atoms with van der Waals surface area (Å²) in [6.07, 6.45) is 3.10. The summed E-state index contributed by atoms with van der Waals surface area (Å²) in [7, 11) is 1.53. The van der Waals surface area contributed by atoms with Crippen molar-refractivity contribution in [3.63, 3.8) is 0 Å². The maximum absolute atomic E-state index is 11.8. The minimum absolute atomic E-state index is 0.179. The first-order chi connectivity index (χ1) is 14.5. The van der Waals surface area contributed by atoms with Gasteiger partial charge in [-0.3, -0.25) is 9.59 Å². The van der Waals surface area contributed by atoms with E-state index in [0.29, 0.717) is 29.4 Å². The summed E-state index contributed by atoms with van der Waals surface area (Å²) in [4.78, 5) is 23.6. The van der Waals surface area contributed by atoms with Gasteiger partial charge in [-0.2, -0.15) is 5.10 Å². The van der Waals surface area contributed by atoms with E-state index in [4.69, 9.17) is 14.2 Å². The lowest BCUT2D eigenvalue weighted by Gasteiger charge is -2.09. The quantitative estimate of drug-likeness (QED) is 0.336. The number of rotatable bonds is 11. The van der Waals surface area contributed by atoms with Gasteiger partial charge >= 0.3 is 0 Å². The van der Waals surface area contributed by atoms with Crippen LogP contribution in [0.5, 0.6) is 17.2 Å². The molecule has 0 spiro atoms. The summed E-state index contributed by atoms with van der Waals surface area (Å²) >= 11 is 0. The third kappa shape index (κ3) is 7.31. The molecule has 0 saturated heterocycles. The van der Waals surface area contributed by atoms with E-state index in [1.54, 1.807) is 30.3 Å². The van der Waals surface area contributed by atoms with Gasteiger partial charge in [0.15, 0.2) is 18.1 Å². The van der Waals surface area contributed by atoms with Crippen LogP contribution in [0, 0.1) is 6.92 Å². The number of amides is 2. The van der Waals surface area contributed by atoms with Gasteiger partial charge in [-0.05, 0) is 42.3 Å². The smallest absolute Gasteiger partial charge is 0.259 e. The predicted octanol–water partition coefficient (Wildman–Crippen LogP) is 2.21. The molecule has 2 aromatic carbocycles. The predicted molar refractivity (Wildman–Crippen MR) is 114 cm³/mol. The Bertz CT molecular complexity index is 911. The fraction of sp³-hybridized carbons (Fsp3) is 0.227. The lowest BCUT2D eigenvalue weighted by atomic mass is 10.2. The van der Waals surface area contributed by atoms with Crippen LogP contribution in [-0.4, -0.2) is 44.9 Å². The molecule has 0 bridgehead atoms. The first-order valence-electron chi connectivity index (χ1n) is 9.22. The van der Waals surface area contributed by atoms with Crippen LogP contribution in [0.1, 0.15) is 11.1 Å². The minimum atomic E-state index is -0.464. The molecule has 0 unspecified atom stereocenters. The summed E-state index contributed by atoms with van der Waals surface area (Å²) in [6, 6.07) is 12.6. The molecular weight excluding hydrogens is 386 g/mol. The molecule has 158 valence electrons. The number of hydrogen-bond donors (Lipinski definition) is 2. The molecule has 0 aliphatic rings. The highest BCUT2D eigenvalue weighted by atomic mass is 16.5. The Balaban J connectivity index is 1.75. The first kappa shape index (κ1) is 22.5. The number of hydrogen-bond acceptors (Lipinski definition) is 6. The third-order valence-electron chi connectivity index (χ3n) is 3.85. The van der Waals surface area contributed by atoms with Crippen LogP contribution in [0.15, 0.2) is 60.2 Å². The van der Waals surface area contributed by atoms with Crippen LogP contribution in [0.3, 0.4) is 0 Å². The monoisotopic (exact) mass is 411 g/mol. The minimum Gasteiger partial charge on any atom is -0.493 e. The third-order valence-corrected chi connectivity index (χ3v) is 3.85. The molecule has 2 aromatic rings. The maximum atomic E-state index is 11.8. The number of benzene rings is 2.